The molecule has 30 heavy (non-hydrogen) atoms. The van der Waals surface area contributed by atoms with Gasteiger partial charge in [-0.2, -0.15) is 5.06 Å². The number of hydroxylamine groups is 2. The Hall–Kier alpha value is -1.51. The molecule has 1 aliphatic heterocycles. The summed E-state index contributed by atoms with van der Waals surface area (Å²) in [5.41, 5.74) is 3.13. The number of nitrogens with zero attached hydrogens (tertiary/aromatic N) is 3. The van der Waals surface area contributed by atoms with Crippen molar-refractivity contribution in [2.75, 3.05) is 25.0 Å². The third-order valence-corrected chi connectivity index (χ3v) is 5.14. The van der Waals surface area contributed by atoms with Crippen LogP contribution in [-0.2, 0) is 37.5 Å². The topological polar surface area (TPSA) is 87.0 Å². The van der Waals surface area contributed by atoms with Crippen LogP contribution < -0.4 is 10.2 Å². The number of carbonyl (C=O) groups is 2. The molecule has 2 N–H and O–H groups in total. The van der Waals surface area contributed by atoms with Gasteiger partial charge >= 0.3 is 6.03 Å². The van der Waals surface area contributed by atoms with Crippen molar-refractivity contribution in [2.24, 2.45) is 0 Å². The SMILES string of the molecule is CC(CCN(C)O)[N-]c1ccc(-c2cccc(N3CCC(=O)NC3=O)c2Cl)cc1.[Y]. The maximum Gasteiger partial charge on any atom is 0.328 e. The van der Waals surface area contributed by atoms with Crippen LogP contribution >= 0.6 is 11.6 Å². The summed E-state index contributed by atoms with van der Waals surface area (Å²) in [6.07, 6.45) is 0.996. The van der Waals surface area contributed by atoms with E-state index >= 15 is 0 Å². The molecule has 0 spiro atoms. The molecule has 0 bridgehead atoms. The summed E-state index contributed by atoms with van der Waals surface area (Å²) in [5, 5.41) is 17.8. The van der Waals surface area contributed by atoms with Crippen molar-refractivity contribution in [3.63, 3.8) is 0 Å². The zero-order chi connectivity index (χ0) is 21.0. The molecule has 0 aliphatic carbocycles. The number of rotatable bonds is 7. The Bertz CT molecular complexity index is 892. The predicted molar refractivity (Wildman–Crippen MR) is 114 cm³/mol. The minimum absolute atomic E-state index is 0. The number of amides is 3. The normalized spacial score (nSPS) is 14.9. The first kappa shape index (κ1) is 24.8. The summed E-state index contributed by atoms with van der Waals surface area (Å²) in [5.74, 6) is -0.280. The van der Waals surface area contributed by atoms with E-state index in [2.05, 4.69) is 10.6 Å². The molecule has 2 aromatic rings. The Labute approximate surface area is 206 Å². The van der Waals surface area contributed by atoms with Gasteiger partial charge in [0, 0.05) is 64.8 Å². The Morgan fingerprint density at radius 2 is 1.93 bits per heavy atom. The van der Waals surface area contributed by atoms with Crippen molar-refractivity contribution in [3.05, 3.63) is 52.8 Å². The fourth-order valence-electron chi connectivity index (χ4n) is 3.16. The van der Waals surface area contributed by atoms with E-state index in [1.165, 1.54) is 4.90 Å². The van der Waals surface area contributed by atoms with Gasteiger partial charge in [0.1, 0.15) is 0 Å². The van der Waals surface area contributed by atoms with Gasteiger partial charge in [0.15, 0.2) is 0 Å². The van der Waals surface area contributed by atoms with Crippen molar-refractivity contribution < 1.29 is 47.5 Å². The predicted octanol–water partition coefficient (Wildman–Crippen LogP) is 4.56. The summed E-state index contributed by atoms with van der Waals surface area (Å²) in [6.45, 7) is 2.86. The molecule has 1 aliphatic rings. The van der Waals surface area contributed by atoms with Crippen LogP contribution in [0.15, 0.2) is 42.5 Å². The van der Waals surface area contributed by atoms with Crippen molar-refractivity contribution in [1.82, 2.24) is 10.4 Å². The Morgan fingerprint density at radius 1 is 1.23 bits per heavy atom. The van der Waals surface area contributed by atoms with Crippen LogP contribution in [0.3, 0.4) is 0 Å². The van der Waals surface area contributed by atoms with Crippen molar-refractivity contribution in [1.29, 1.82) is 0 Å². The standard InChI is InChI=1S/C21H24ClN4O3.Y/c1-14(10-12-25(2)29)23-16-8-6-15(7-9-16)17-4-3-5-18(20(17)22)26-13-11-19(27)24-21(26)28;/h3-9,14,29H,10-13H2,1-2H3,(H,24,27,28);/q-1;. The molecule has 1 atom stereocenters. The summed E-state index contributed by atoms with van der Waals surface area (Å²) in [4.78, 5) is 25.0. The van der Waals surface area contributed by atoms with Crippen LogP contribution in [0.2, 0.25) is 5.02 Å². The van der Waals surface area contributed by atoms with E-state index in [9.17, 15) is 14.8 Å². The molecule has 0 saturated carbocycles. The molecule has 1 heterocycles. The second kappa shape index (κ2) is 11.2. The van der Waals surface area contributed by atoms with E-state index in [1.54, 1.807) is 13.1 Å². The van der Waals surface area contributed by atoms with E-state index in [0.717, 1.165) is 28.3 Å². The first-order chi connectivity index (χ1) is 13.8. The molecule has 157 valence electrons. The van der Waals surface area contributed by atoms with Crippen LogP contribution in [0.5, 0.6) is 0 Å². The first-order valence-electron chi connectivity index (χ1n) is 9.46. The number of carbonyl (C=O) groups excluding carboxylic acids is 2. The average Bonchev–Trinajstić information content (AvgIpc) is 2.68. The molecule has 0 aromatic heterocycles. The largest absolute Gasteiger partial charge is 0.682 e. The fourth-order valence-corrected chi connectivity index (χ4v) is 3.50. The minimum atomic E-state index is -0.461. The van der Waals surface area contributed by atoms with E-state index in [-0.39, 0.29) is 51.1 Å². The van der Waals surface area contributed by atoms with E-state index in [4.69, 9.17) is 11.6 Å². The summed E-state index contributed by atoms with van der Waals surface area (Å²) in [6, 6.07) is 12.8. The third-order valence-electron chi connectivity index (χ3n) is 4.74. The molecule has 3 rings (SSSR count). The van der Waals surface area contributed by atoms with Crippen molar-refractivity contribution >= 4 is 34.9 Å². The monoisotopic (exact) mass is 504 g/mol. The molecule has 1 radical (unpaired) electrons. The molecule has 7 nitrogen and oxygen atoms in total. The second-order valence-corrected chi connectivity index (χ2v) is 7.47. The number of urea groups is 1. The van der Waals surface area contributed by atoms with Crippen molar-refractivity contribution in [2.45, 2.75) is 25.8 Å². The summed E-state index contributed by atoms with van der Waals surface area (Å²) >= 11 is 6.61. The molecular formula is C21H24ClN4O3Y-. The molecule has 1 saturated heterocycles. The third kappa shape index (κ3) is 6.25. The van der Waals surface area contributed by atoms with Gasteiger partial charge in [0.05, 0.1) is 10.7 Å². The summed E-state index contributed by atoms with van der Waals surface area (Å²) in [7, 11) is 1.62. The number of hydrogen-bond donors (Lipinski definition) is 2. The number of nitrogens with one attached hydrogen (secondary N) is 1. The van der Waals surface area contributed by atoms with Crippen LogP contribution in [0, 0.1) is 0 Å². The van der Waals surface area contributed by atoms with E-state index < -0.39 is 6.03 Å². The molecule has 9 heteroatoms. The first-order valence-corrected chi connectivity index (χ1v) is 9.84. The van der Waals surface area contributed by atoms with Gasteiger partial charge in [-0.3, -0.25) is 15.0 Å². The van der Waals surface area contributed by atoms with Crippen molar-refractivity contribution in [3.8, 4) is 11.1 Å². The van der Waals surface area contributed by atoms with Gasteiger partial charge in [0.25, 0.3) is 0 Å². The van der Waals surface area contributed by atoms with Gasteiger partial charge in [-0.15, -0.1) is 11.7 Å². The maximum absolute atomic E-state index is 12.2. The number of benzene rings is 2. The molecule has 1 fully saturated rings. The van der Waals surface area contributed by atoms with Gasteiger partial charge in [-0.25, -0.2) is 4.79 Å². The zero-order valence-electron chi connectivity index (χ0n) is 17.0. The number of hydrogen-bond acceptors (Lipinski definition) is 4. The second-order valence-electron chi connectivity index (χ2n) is 7.09. The van der Waals surface area contributed by atoms with Gasteiger partial charge in [-0.1, -0.05) is 61.3 Å². The fraction of sp³-hybridized carbons (Fsp3) is 0.333. The van der Waals surface area contributed by atoms with E-state index in [0.29, 0.717) is 23.8 Å². The zero-order valence-corrected chi connectivity index (χ0v) is 20.6. The Kier molecular flexibility index (Phi) is 9.25. The molecule has 2 aromatic carbocycles. The van der Waals surface area contributed by atoms with Gasteiger partial charge in [-0.05, 0) is 11.6 Å². The Balaban J connectivity index is 0.00000320. The Morgan fingerprint density at radius 3 is 2.57 bits per heavy atom. The smallest absolute Gasteiger partial charge is 0.328 e. The number of imide groups is 1. The van der Waals surface area contributed by atoms with Gasteiger partial charge < -0.3 is 10.5 Å². The van der Waals surface area contributed by atoms with Crippen LogP contribution in [-0.4, -0.2) is 48.4 Å². The van der Waals surface area contributed by atoms with E-state index in [1.807, 2.05) is 43.3 Å². The molecule has 1 unspecified atom stereocenters. The van der Waals surface area contributed by atoms with Crippen LogP contribution in [0.1, 0.15) is 19.8 Å². The van der Waals surface area contributed by atoms with Crippen LogP contribution in [0.4, 0.5) is 16.2 Å². The maximum atomic E-state index is 12.2. The number of halogens is 1. The quantitative estimate of drug-likeness (QED) is 0.541. The number of anilines is 1. The molecular weight excluding hydrogens is 481 g/mol. The summed E-state index contributed by atoms with van der Waals surface area (Å²) < 4.78 is 0. The average molecular weight is 505 g/mol. The van der Waals surface area contributed by atoms with Crippen LogP contribution in [0.25, 0.3) is 16.4 Å². The van der Waals surface area contributed by atoms with Gasteiger partial charge in [0.2, 0.25) is 5.91 Å². The minimum Gasteiger partial charge on any atom is -0.682 e. The molecule has 3 amide bonds.